The molecule has 0 aliphatic carbocycles. The average molecular weight is 657 g/mol. The van der Waals surface area contributed by atoms with Crippen molar-refractivity contribution in [2.75, 3.05) is 49.5 Å². The quantitative estimate of drug-likeness (QED) is 0.251. The van der Waals surface area contributed by atoms with Gasteiger partial charge in [0.25, 0.3) is 0 Å². The van der Waals surface area contributed by atoms with E-state index in [1.54, 1.807) is 18.5 Å². The second-order valence-electron chi connectivity index (χ2n) is 12.3. The number of hydrogen-bond donors (Lipinski definition) is 4. The van der Waals surface area contributed by atoms with Crippen molar-refractivity contribution in [1.82, 2.24) is 24.7 Å². The number of fused-ring (bicyclic) bond motifs is 2. The van der Waals surface area contributed by atoms with Crippen LogP contribution in [0.4, 0.5) is 21.0 Å². The van der Waals surface area contributed by atoms with E-state index in [0.29, 0.717) is 63.1 Å². The van der Waals surface area contributed by atoms with E-state index in [1.165, 1.54) is 4.90 Å². The number of carbonyl (C=O) groups is 3. The predicted molar refractivity (Wildman–Crippen MR) is 180 cm³/mol. The Labute approximate surface area is 277 Å². The van der Waals surface area contributed by atoms with Gasteiger partial charge in [0.05, 0.1) is 11.6 Å². The maximum atomic E-state index is 12.8. The number of nitrogens with one attached hydrogen (secondary N) is 2. The molecule has 252 valence electrons. The summed E-state index contributed by atoms with van der Waals surface area (Å²) in [5, 5.41) is 11.8. The molecule has 14 nitrogen and oxygen atoms in total. The number of para-hydroxylation sites is 1. The first kappa shape index (κ1) is 32.6. The number of rotatable bonds is 5. The zero-order chi connectivity index (χ0) is 33.8. The van der Waals surface area contributed by atoms with Crippen molar-refractivity contribution in [3.05, 3.63) is 88.2 Å². The number of nitrogens with two attached hydrogens (primary N) is 1. The molecule has 14 heteroatoms. The maximum absolute atomic E-state index is 12.8. The molecule has 2 fully saturated rings. The van der Waals surface area contributed by atoms with Gasteiger partial charge in [-0.15, -0.1) is 0 Å². The molecule has 4 aromatic rings. The Morgan fingerprint density at radius 2 is 1.71 bits per heavy atom. The zero-order valence-corrected chi connectivity index (χ0v) is 26.8. The molecule has 5 N–H and O–H groups in total. The van der Waals surface area contributed by atoms with E-state index >= 15 is 0 Å². The van der Waals surface area contributed by atoms with Crippen LogP contribution in [0.25, 0.3) is 11.1 Å². The number of nitrogens with zero attached hydrogens (tertiary/aromatic N) is 5. The number of anilines is 2. The molecule has 7 rings (SSSR count). The molecule has 2 aromatic carbocycles. The van der Waals surface area contributed by atoms with Crippen LogP contribution in [-0.2, 0) is 17.8 Å². The first-order valence-electron chi connectivity index (χ1n) is 16.1. The maximum Gasteiger partial charge on any atom is 0.417 e. The summed E-state index contributed by atoms with van der Waals surface area (Å²) in [5.74, 6) is -0.537. The summed E-state index contributed by atoms with van der Waals surface area (Å²) in [4.78, 5) is 61.2. The minimum Gasteiger partial charge on any atom is -0.465 e. The number of aromatic nitrogens is 2. The number of H-pyrrole nitrogens is 1. The molecule has 2 saturated heterocycles. The van der Waals surface area contributed by atoms with E-state index in [-0.39, 0.29) is 18.0 Å². The third-order valence-electron chi connectivity index (χ3n) is 9.22. The Morgan fingerprint density at radius 3 is 2.42 bits per heavy atom. The lowest BCUT2D eigenvalue weighted by atomic mass is 10.0. The first-order chi connectivity index (χ1) is 23.2. The van der Waals surface area contributed by atoms with Crippen LogP contribution in [0.1, 0.15) is 29.5 Å². The lowest BCUT2D eigenvalue weighted by molar-refractivity contribution is -0.132. The van der Waals surface area contributed by atoms with Crippen LogP contribution in [0.2, 0.25) is 0 Å². The molecule has 3 aliphatic heterocycles. The number of piperazine rings is 1. The van der Waals surface area contributed by atoms with E-state index < -0.39 is 17.9 Å². The molecule has 48 heavy (non-hydrogen) atoms. The average Bonchev–Trinajstić information content (AvgIpc) is 3.49. The number of aromatic amines is 1. The predicted octanol–water partition coefficient (Wildman–Crippen LogP) is 3.22. The number of urea groups is 1. The molecule has 2 aromatic heterocycles. The van der Waals surface area contributed by atoms with Gasteiger partial charge in [-0.3, -0.25) is 14.8 Å². The topological polar surface area (TPSA) is 181 Å². The van der Waals surface area contributed by atoms with Crippen molar-refractivity contribution in [1.29, 1.82) is 0 Å². The molecular weight excluding hydrogens is 616 g/mol. The standard InChI is InChI=1S/C20H23N5O3.C14H17N3O3/c1-13-10-14(12-17-18(13)23-20(27)28-17)11-16(21)19(26)25-8-6-24(7-9-25)15-2-4-22-5-3-15;18-13-15-12-4-2-1-3-10(12)9-17(13)11-5-7-16(8-6-11)14(19)20/h2-5,10,12,16H,6-9,11,21H2,1H3,(H,23,27);1-4,11H,5-9H2,(H,15,18)(H,19,20). The molecule has 0 spiro atoms. The van der Waals surface area contributed by atoms with Crippen molar-refractivity contribution in [3.63, 3.8) is 0 Å². The largest absolute Gasteiger partial charge is 0.465 e. The van der Waals surface area contributed by atoms with Gasteiger partial charge in [-0.05, 0) is 67.1 Å². The lowest BCUT2D eigenvalue weighted by Gasteiger charge is -2.39. The van der Waals surface area contributed by atoms with Crippen molar-refractivity contribution in [2.24, 2.45) is 5.73 Å². The number of aryl methyl sites for hydroxylation is 1. The molecule has 4 amide bonds. The van der Waals surface area contributed by atoms with Crippen LogP contribution in [0, 0.1) is 6.92 Å². The van der Waals surface area contributed by atoms with Gasteiger partial charge in [0.1, 0.15) is 0 Å². The molecule has 3 aliphatic rings. The summed E-state index contributed by atoms with van der Waals surface area (Å²) in [5.41, 5.74) is 12.2. The Morgan fingerprint density at radius 1 is 1.00 bits per heavy atom. The normalized spacial score (nSPS) is 17.3. The highest BCUT2D eigenvalue weighted by Crippen LogP contribution is 2.27. The second-order valence-corrected chi connectivity index (χ2v) is 12.3. The molecule has 1 atom stereocenters. The fourth-order valence-electron chi connectivity index (χ4n) is 6.61. The Balaban J connectivity index is 0.000000177. The van der Waals surface area contributed by atoms with Crippen LogP contribution in [-0.4, -0.2) is 99.2 Å². The van der Waals surface area contributed by atoms with Gasteiger partial charge < -0.3 is 40.2 Å². The van der Waals surface area contributed by atoms with Crippen LogP contribution < -0.4 is 21.7 Å². The number of amides is 4. The molecule has 5 heterocycles. The summed E-state index contributed by atoms with van der Waals surface area (Å²) in [7, 11) is 0. The summed E-state index contributed by atoms with van der Waals surface area (Å²) in [6.45, 7) is 6.28. The van der Waals surface area contributed by atoms with Gasteiger partial charge >= 0.3 is 17.9 Å². The highest BCUT2D eigenvalue weighted by atomic mass is 16.4. The van der Waals surface area contributed by atoms with Crippen molar-refractivity contribution < 1.29 is 23.9 Å². The lowest BCUT2D eigenvalue weighted by Crippen LogP contribution is -2.53. The molecule has 1 unspecified atom stereocenters. The van der Waals surface area contributed by atoms with Gasteiger partial charge in [-0.1, -0.05) is 24.3 Å². The Kier molecular flexibility index (Phi) is 9.62. The Bertz CT molecular complexity index is 1830. The van der Waals surface area contributed by atoms with E-state index in [4.69, 9.17) is 15.3 Å². The summed E-state index contributed by atoms with van der Waals surface area (Å²) >= 11 is 0. The smallest absolute Gasteiger partial charge is 0.417 e. The minimum atomic E-state index is -0.878. The van der Waals surface area contributed by atoms with E-state index in [2.05, 4.69) is 20.2 Å². The molecular formula is C34H40N8O6. The van der Waals surface area contributed by atoms with Gasteiger partial charge in [-0.2, -0.15) is 0 Å². The zero-order valence-electron chi connectivity index (χ0n) is 26.8. The second kappa shape index (κ2) is 14.2. The highest BCUT2D eigenvalue weighted by molar-refractivity contribution is 5.92. The monoisotopic (exact) mass is 656 g/mol. The highest BCUT2D eigenvalue weighted by Gasteiger charge is 2.32. The first-order valence-corrected chi connectivity index (χ1v) is 16.1. The number of carboxylic acid groups (broad SMARTS) is 1. The molecule has 0 radical (unpaired) electrons. The third kappa shape index (κ3) is 7.28. The van der Waals surface area contributed by atoms with Crippen LogP contribution in [0.3, 0.4) is 0 Å². The fourth-order valence-corrected chi connectivity index (χ4v) is 6.61. The number of pyridine rings is 1. The number of carbonyl (C=O) groups excluding carboxylic acids is 2. The van der Waals surface area contributed by atoms with Crippen LogP contribution >= 0.6 is 0 Å². The van der Waals surface area contributed by atoms with Crippen molar-refractivity contribution in [2.45, 2.75) is 44.8 Å². The number of likely N-dealkylation sites (tertiary alicyclic amines) is 1. The number of piperidine rings is 1. The fraction of sp³-hybridized carbons (Fsp3) is 0.382. The minimum absolute atomic E-state index is 0.0531. The number of benzene rings is 2. The summed E-state index contributed by atoms with van der Waals surface area (Å²) < 4.78 is 5.14. The van der Waals surface area contributed by atoms with Gasteiger partial charge in [0.15, 0.2) is 5.58 Å². The summed E-state index contributed by atoms with van der Waals surface area (Å²) in [6.07, 6.45) is 4.46. The third-order valence-corrected chi connectivity index (χ3v) is 9.22. The number of oxazole rings is 1. The van der Waals surface area contributed by atoms with E-state index in [9.17, 15) is 19.2 Å². The van der Waals surface area contributed by atoms with Crippen molar-refractivity contribution in [3.8, 4) is 0 Å². The van der Waals surface area contributed by atoms with Crippen LogP contribution in [0.5, 0.6) is 0 Å². The summed E-state index contributed by atoms with van der Waals surface area (Å²) in [6, 6.07) is 14.8. The van der Waals surface area contributed by atoms with Gasteiger partial charge in [0.2, 0.25) is 5.91 Å². The van der Waals surface area contributed by atoms with Gasteiger partial charge in [0, 0.05) is 75.6 Å². The van der Waals surface area contributed by atoms with E-state index in [0.717, 1.165) is 41.2 Å². The SMILES string of the molecule is Cc1cc(CC(N)C(=O)N2CCN(c3ccncc3)CC2)cc2oc(=O)[nH]c12.O=C(O)N1CCC(N2Cc3ccccc3NC2=O)CC1. The Hall–Kier alpha value is -5.37. The van der Waals surface area contributed by atoms with Crippen molar-refractivity contribution >= 4 is 40.5 Å². The molecule has 0 saturated carbocycles. The van der Waals surface area contributed by atoms with Crippen LogP contribution in [0.15, 0.2) is 70.1 Å². The molecule has 0 bridgehead atoms. The van der Waals surface area contributed by atoms with Gasteiger partial charge in [-0.25, -0.2) is 14.4 Å². The number of hydrogen-bond acceptors (Lipinski definition) is 8. The van der Waals surface area contributed by atoms with E-state index in [1.807, 2.05) is 59.2 Å².